The van der Waals surface area contributed by atoms with Crippen molar-refractivity contribution in [1.29, 1.82) is 0 Å². The van der Waals surface area contributed by atoms with Crippen LogP contribution in [0.15, 0.2) is 36.4 Å². The average Bonchev–Trinajstić information content (AvgIpc) is 3.61. The Morgan fingerprint density at radius 3 is 2.39 bits per heavy atom. The molecular formula is C27H30F3NO5. The van der Waals surface area contributed by atoms with Gasteiger partial charge in [-0.1, -0.05) is 12.1 Å². The highest BCUT2D eigenvalue weighted by atomic mass is 19.3. The molecule has 6 nitrogen and oxygen atoms in total. The van der Waals surface area contributed by atoms with E-state index in [1.54, 1.807) is 45.0 Å². The van der Waals surface area contributed by atoms with Crippen LogP contribution >= 0.6 is 0 Å². The number of alkyl halides is 2. The maximum absolute atomic E-state index is 14.9. The molecule has 4 rings (SSSR count). The van der Waals surface area contributed by atoms with Crippen molar-refractivity contribution in [2.75, 3.05) is 13.7 Å². The summed E-state index contributed by atoms with van der Waals surface area (Å²) in [6, 6.07) is 9.24. The summed E-state index contributed by atoms with van der Waals surface area (Å²) in [6.45, 7) is 4.94. The molecular weight excluding hydrogens is 475 g/mol. The van der Waals surface area contributed by atoms with Crippen LogP contribution in [0.4, 0.5) is 13.2 Å². The second-order valence-electron chi connectivity index (χ2n) is 10.3. The molecule has 0 aromatic heterocycles. The first kappa shape index (κ1) is 25.9. The molecule has 1 aliphatic heterocycles. The number of carbonyl (C=O) groups is 2. The Bertz CT molecular complexity index is 1140. The molecule has 2 aromatic rings. The number of carbonyl (C=O) groups excluding carboxylic acids is 2. The molecule has 9 heteroatoms. The van der Waals surface area contributed by atoms with Gasteiger partial charge in [0.1, 0.15) is 29.0 Å². The Morgan fingerprint density at radius 1 is 1.14 bits per heavy atom. The van der Waals surface area contributed by atoms with Crippen LogP contribution < -0.4 is 9.47 Å². The Labute approximate surface area is 208 Å². The van der Waals surface area contributed by atoms with Gasteiger partial charge in [-0.3, -0.25) is 4.79 Å². The van der Waals surface area contributed by atoms with Gasteiger partial charge in [-0.2, -0.15) is 8.78 Å². The first-order chi connectivity index (χ1) is 16.9. The van der Waals surface area contributed by atoms with Crippen molar-refractivity contribution in [2.24, 2.45) is 0 Å². The lowest BCUT2D eigenvalue weighted by molar-refractivity contribution is -0.172. The zero-order valence-electron chi connectivity index (χ0n) is 20.8. The minimum atomic E-state index is -3.62. The standard InChI is InChI=1S/C27H30F3NO5/c1-26(2,3)36-24(32)21-11-20(17-7-8-17)23(12-22(21)28)35-19-13-27(29,30)25(33)31(15-19)14-16-5-9-18(34-4)10-6-16/h5-6,9-12,17,19H,7-8,13-15H2,1-4H3/t19-/m1/s1. The Hall–Kier alpha value is -3.23. The number of benzene rings is 2. The Morgan fingerprint density at radius 2 is 1.81 bits per heavy atom. The highest BCUT2D eigenvalue weighted by Gasteiger charge is 2.49. The van der Waals surface area contributed by atoms with Crippen molar-refractivity contribution in [1.82, 2.24) is 4.90 Å². The Kier molecular flexibility index (Phi) is 6.94. The minimum absolute atomic E-state index is 0.0281. The molecule has 36 heavy (non-hydrogen) atoms. The van der Waals surface area contributed by atoms with E-state index in [1.165, 1.54) is 13.2 Å². The summed E-state index contributed by atoms with van der Waals surface area (Å²) >= 11 is 0. The summed E-state index contributed by atoms with van der Waals surface area (Å²) in [5.74, 6) is -5.77. The normalized spacial score (nSPS) is 19.7. The van der Waals surface area contributed by atoms with Crippen LogP contribution in [-0.4, -0.2) is 48.1 Å². The van der Waals surface area contributed by atoms with Crippen LogP contribution in [0.2, 0.25) is 0 Å². The van der Waals surface area contributed by atoms with Crippen molar-refractivity contribution in [3.05, 3.63) is 58.9 Å². The van der Waals surface area contributed by atoms with Gasteiger partial charge in [0.25, 0.3) is 5.91 Å². The number of hydrogen-bond acceptors (Lipinski definition) is 5. The molecule has 0 radical (unpaired) electrons. The first-order valence-electron chi connectivity index (χ1n) is 11.9. The summed E-state index contributed by atoms with van der Waals surface area (Å²) in [5, 5.41) is 0. The topological polar surface area (TPSA) is 65.1 Å². The number of rotatable bonds is 7. The van der Waals surface area contributed by atoms with Gasteiger partial charge in [-0.05, 0) is 68.9 Å². The smallest absolute Gasteiger partial charge is 0.341 e. The van der Waals surface area contributed by atoms with E-state index in [-0.39, 0.29) is 30.3 Å². The average molecular weight is 506 g/mol. The van der Waals surface area contributed by atoms with Gasteiger partial charge in [0, 0.05) is 12.6 Å². The number of amides is 1. The SMILES string of the molecule is COc1ccc(CN2C[C@H](Oc3cc(F)c(C(=O)OC(C)(C)C)cc3C3CC3)CC(F)(F)C2=O)cc1. The van der Waals surface area contributed by atoms with E-state index < -0.39 is 41.7 Å². The zero-order valence-corrected chi connectivity index (χ0v) is 20.8. The molecule has 194 valence electrons. The van der Waals surface area contributed by atoms with E-state index in [0.29, 0.717) is 16.9 Å². The molecule has 1 saturated carbocycles. The molecule has 1 atom stereocenters. The molecule has 1 heterocycles. The van der Waals surface area contributed by atoms with Gasteiger partial charge in [-0.15, -0.1) is 0 Å². The quantitative estimate of drug-likeness (QED) is 0.466. The summed E-state index contributed by atoms with van der Waals surface area (Å²) in [7, 11) is 1.52. The lowest BCUT2D eigenvalue weighted by Crippen LogP contribution is -2.55. The molecule has 1 aliphatic carbocycles. The Balaban J connectivity index is 1.56. The third kappa shape index (κ3) is 5.94. The lowest BCUT2D eigenvalue weighted by Gasteiger charge is -2.37. The summed E-state index contributed by atoms with van der Waals surface area (Å²) in [5.41, 5.74) is 0.224. The molecule has 1 amide bonds. The number of nitrogens with zero attached hydrogens (tertiary/aromatic N) is 1. The fourth-order valence-corrected chi connectivity index (χ4v) is 4.22. The minimum Gasteiger partial charge on any atom is -0.497 e. The van der Waals surface area contributed by atoms with Crippen LogP contribution in [-0.2, 0) is 16.1 Å². The van der Waals surface area contributed by atoms with Gasteiger partial charge in [0.15, 0.2) is 0 Å². The van der Waals surface area contributed by atoms with E-state index in [2.05, 4.69) is 0 Å². The van der Waals surface area contributed by atoms with Gasteiger partial charge in [0.05, 0.1) is 25.6 Å². The van der Waals surface area contributed by atoms with Crippen LogP contribution in [0, 0.1) is 5.82 Å². The first-order valence-corrected chi connectivity index (χ1v) is 11.9. The molecule has 0 spiro atoms. The lowest BCUT2D eigenvalue weighted by atomic mass is 10.0. The molecule has 0 N–H and O–H groups in total. The van der Waals surface area contributed by atoms with E-state index in [9.17, 15) is 22.8 Å². The summed E-state index contributed by atoms with van der Waals surface area (Å²) in [4.78, 5) is 26.0. The third-order valence-corrected chi connectivity index (χ3v) is 6.07. The van der Waals surface area contributed by atoms with Gasteiger partial charge < -0.3 is 19.1 Å². The maximum atomic E-state index is 14.9. The third-order valence-electron chi connectivity index (χ3n) is 6.07. The van der Waals surface area contributed by atoms with E-state index in [0.717, 1.165) is 23.8 Å². The van der Waals surface area contributed by atoms with Crippen molar-refractivity contribution in [2.45, 2.75) is 70.1 Å². The zero-order chi connectivity index (χ0) is 26.3. The van der Waals surface area contributed by atoms with E-state index in [1.807, 2.05) is 0 Å². The van der Waals surface area contributed by atoms with E-state index >= 15 is 0 Å². The van der Waals surface area contributed by atoms with Gasteiger partial charge in [0.2, 0.25) is 0 Å². The predicted octanol–water partition coefficient (Wildman–Crippen LogP) is 5.48. The fraction of sp³-hybridized carbons (Fsp3) is 0.481. The molecule has 1 saturated heterocycles. The molecule has 2 fully saturated rings. The number of halogens is 3. The van der Waals surface area contributed by atoms with Crippen molar-refractivity contribution < 1.29 is 37.0 Å². The molecule has 2 aromatic carbocycles. The van der Waals surface area contributed by atoms with Crippen LogP contribution in [0.25, 0.3) is 0 Å². The highest BCUT2D eigenvalue weighted by Crippen LogP contribution is 2.46. The van der Waals surface area contributed by atoms with Crippen molar-refractivity contribution in [3.63, 3.8) is 0 Å². The second kappa shape index (κ2) is 9.67. The predicted molar refractivity (Wildman–Crippen MR) is 126 cm³/mol. The highest BCUT2D eigenvalue weighted by molar-refractivity contribution is 5.90. The van der Waals surface area contributed by atoms with Crippen molar-refractivity contribution in [3.8, 4) is 11.5 Å². The molecule has 2 aliphatic rings. The van der Waals surface area contributed by atoms with E-state index in [4.69, 9.17) is 14.2 Å². The van der Waals surface area contributed by atoms with Crippen molar-refractivity contribution >= 4 is 11.9 Å². The van der Waals surface area contributed by atoms with Crippen LogP contribution in [0.3, 0.4) is 0 Å². The number of methoxy groups -OCH3 is 1. The number of likely N-dealkylation sites (tertiary alicyclic amines) is 1. The van der Waals surface area contributed by atoms with Crippen LogP contribution in [0.5, 0.6) is 11.5 Å². The number of esters is 1. The van der Waals surface area contributed by atoms with Gasteiger partial charge >= 0.3 is 11.9 Å². The fourth-order valence-electron chi connectivity index (χ4n) is 4.22. The maximum Gasteiger partial charge on any atom is 0.341 e. The number of piperidine rings is 1. The molecule has 0 bridgehead atoms. The monoisotopic (exact) mass is 505 g/mol. The van der Waals surface area contributed by atoms with Crippen LogP contribution in [0.1, 0.15) is 67.4 Å². The number of ether oxygens (including phenoxy) is 3. The number of hydrogen-bond donors (Lipinski definition) is 0. The summed E-state index contributed by atoms with van der Waals surface area (Å²) in [6.07, 6.45) is -0.234. The largest absolute Gasteiger partial charge is 0.497 e. The van der Waals surface area contributed by atoms with Gasteiger partial charge in [-0.25, -0.2) is 9.18 Å². The molecule has 0 unspecified atom stereocenters. The summed E-state index contributed by atoms with van der Waals surface area (Å²) < 4.78 is 60.6. The second-order valence-corrected chi connectivity index (χ2v) is 10.3.